The molecule has 0 saturated heterocycles. The Bertz CT molecular complexity index is 418. The van der Waals surface area contributed by atoms with Gasteiger partial charge >= 0.3 is 5.97 Å². The molecule has 3 heteroatoms. The predicted octanol–water partition coefficient (Wildman–Crippen LogP) is 3.61. The maximum absolute atomic E-state index is 12.5. The Labute approximate surface area is 115 Å². The number of ether oxygens (including phenoxy) is 1. The third-order valence-electron chi connectivity index (χ3n) is 4.09. The average Bonchev–Trinajstić information content (AvgIpc) is 2.84. The van der Waals surface area contributed by atoms with E-state index in [0.29, 0.717) is 12.5 Å². The highest BCUT2D eigenvalue weighted by atomic mass is 16.5. The molecule has 2 atom stereocenters. The lowest BCUT2D eigenvalue weighted by Gasteiger charge is -2.34. The molecule has 2 unspecified atom stereocenters. The van der Waals surface area contributed by atoms with E-state index in [0.717, 1.165) is 31.4 Å². The topological polar surface area (TPSA) is 38.3 Å². The number of nitrogens with one attached hydrogen (secondary N) is 1. The van der Waals surface area contributed by atoms with Gasteiger partial charge in [0.25, 0.3) is 0 Å². The molecular weight excluding hydrogens is 238 g/mol. The van der Waals surface area contributed by atoms with Gasteiger partial charge in [-0.2, -0.15) is 0 Å². The fraction of sp³-hybridized carbons (Fsp3) is 0.562. The summed E-state index contributed by atoms with van der Waals surface area (Å²) in [4.78, 5) is 12.5. The molecule has 1 aromatic rings. The van der Waals surface area contributed by atoms with Crippen LogP contribution in [0.15, 0.2) is 30.3 Å². The van der Waals surface area contributed by atoms with Crippen LogP contribution in [0, 0.1) is 5.92 Å². The molecule has 3 nitrogen and oxygen atoms in total. The molecule has 1 aromatic carbocycles. The average molecular weight is 261 g/mol. The SMILES string of the molecule is CCOC(=O)C1(Nc2ccccc2)CCCC1CC. The Hall–Kier alpha value is -1.51. The minimum absolute atomic E-state index is 0.0943. The van der Waals surface area contributed by atoms with Crippen LogP contribution in [0.1, 0.15) is 39.5 Å². The molecular formula is C16H23NO2. The lowest BCUT2D eigenvalue weighted by Crippen LogP contribution is -2.50. The van der Waals surface area contributed by atoms with Crippen molar-refractivity contribution in [2.45, 2.75) is 45.1 Å². The van der Waals surface area contributed by atoms with Gasteiger partial charge in [-0.15, -0.1) is 0 Å². The number of para-hydroxylation sites is 1. The van der Waals surface area contributed by atoms with Crippen LogP contribution >= 0.6 is 0 Å². The second-order valence-electron chi connectivity index (χ2n) is 5.18. The molecule has 0 bridgehead atoms. The fourth-order valence-electron chi connectivity index (χ4n) is 3.15. The van der Waals surface area contributed by atoms with Crippen molar-refractivity contribution in [2.24, 2.45) is 5.92 Å². The van der Waals surface area contributed by atoms with Gasteiger partial charge in [-0.3, -0.25) is 0 Å². The number of hydrogen-bond acceptors (Lipinski definition) is 3. The minimum atomic E-state index is -0.536. The van der Waals surface area contributed by atoms with Crippen molar-refractivity contribution < 1.29 is 9.53 Å². The molecule has 104 valence electrons. The number of carbonyl (C=O) groups excluding carboxylic acids is 1. The molecule has 19 heavy (non-hydrogen) atoms. The number of carbonyl (C=O) groups is 1. The van der Waals surface area contributed by atoms with Crippen molar-refractivity contribution >= 4 is 11.7 Å². The van der Waals surface area contributed by atoms with Gasteiger partial charge in [0.15, 0.2) is 0 Å². The van der Waals surface area contributed by atoms with Gasteiger partial charge in [-0.1, -0.05) is 38.0 Å². The summed E-state index contributed by atoms with van der Waals surface area (Å²) in [5.41, 5.74) is 0.461. The van der Waals surface area contributed by atoms with E-state index in [1.165, 1.54) is 0 Å². The monoisotopic (exact) mass is 261 g/mol. The second-order valence-corrected chi connectivity index (χ2v) is 5.18. The lowest BCUT2D eigenvalue weighted by molar-refractivity contribution is -0.150. The molecule has 1 aliphatic carbocycles. The zero-order valence-corrected chi connectivity index (χ0v) is 11.8. The Morgan fingerprint density at radius 2 is 2.11 bits per heavy atom. The van der Waals surface area contributed by atoms with E-state index in [-0.39, 0.29) is 5.97 Å². The largest absolute Gasteiger partial charge is 0.464 e. The van der Waals surface area contributed by atoms with Gasteiger partial charge in [0.2, 0.25) is 0 Å². The van der Waals surface area contributed by atoms with E-state index in [2.05, 4.69) is 12.2 Å². The Morgan fingerprint density at radius 3 is 2.74 bits per heavy atom. The summed E-state index contributed by atoms with van der Waals surface area (Å²) in [6.07, 6.45) is 4.03. The molecule has 0 aliphatic heterocycles. The summed E-state index contributed by atoms with van der Waals surface area (Å²) in [5.74, 6) is 0.259. The first-order chi connectivity index (χ1) is 9.23. The molecule has 1 aliphatic rings. The number of rotatable bonds is 5. The Morgan fingerprint density at radius 1 is 1.37 bits per heavy atom. The van der Waals surface area contributed by atoms with E-state index < -0.39 is 5.54 Å². The normalized spacial score (nSPS) is 26.1. The molecule has 1 N–H and O–H groups in total. The Kier molecular flexibility index (Phi) is 4.46. The highest BCUT2D eigenvalue weighted by Gasteiger charge is 2.49. The van der Waals surface area contributed by atoms with Crippen LogP contribution in [0.2, 0.25) is 0 Å². The summed E-state index contributed by atoms with van der Waals surface area (Å²) in [6, 6.07) is 9.96. The highest BCUT2D eigenvalue weighted by molar-refractivity contribution is 5.85. The van der Waals surface area contributed by atoms with E-state index in [1.807, 2.05) is 37.3 Å². The van der Waals surface area contributed by atoms with E-state index in [1.54, 1.807) is 0 Å². The van der Waals surface area contributed by atoms with Crippen LogP contribution in [0.5, 0.6) is 0 Å². The number of esters is 1. The summed E-state index contributed by atoms with van der Waals surface area (Å²) in [5, 5.41) is 3.47. The molecule has 0 spiro atoms. The second kappa shape index (κ2) is 6.09. The van der Waals surface area contributed by atoms with Crippen LogP contribution in [0.3, 0.4) is 0 Å². The van der Waals surface area contributed by atoms with Gasteiger partial charge in [0.05, 0.1) is 6.61 Å². The van der Waals surface area contributed by atoms with Crippen molar-refractivity contribution in [1.82, 2.24) is 0 Å². The first-order valence-electron chi connectivity index (χ1n) is 7.23. The van der Waals surface area contributed by atoms with Gasteiger partial charge in [0.1, 0.15) is 5.54 Å². The van der Waals surface area contributed by atoms with Crippen molar-refractivity contribution in [2.75, 3.05) is 11.9 Å². The zero-order valence-electron chi connectivity index (χ0n) is 11.8. The van der Waals surface area contributed by atoms with Gasteiger partial charge in [-0.25, -0.2) is 4.79 Å². The first-order valence-corrected chi connectivity index (χ1v) is 7.23. The lowest BCUT2D eigenvalue weighted by atomic mass is 9.84. The van der Waals surface area contributed by atoms with Gasteiger partial charge in [0, 0.05) is 5.69 Å². The van der Waals surface area contributed by atoms with Crippen LogP contribution in [-0.2, 0) is 9.53 Å². The molecule has 2 rings (SSSR count). The Balaban J connectivity index is 2.26. The molecule has 0 amide bonds. The third kappa shape index (κ3) is 2.75. The number of benzene rings is 1. The van der Waals surface area contributed by atoms with Crippen molar-refractivity contribution in [1.29, 1.82) is 0 Å². The van der Waals surface area contributed by atoms with Crippen LogP contribution in [-0.4, -0.2) is 18.1 Å². The smallest absolute Gasteiger partial charge is 0.332 e. The molecule has 0 radical (unpaired) electrons. The molecule has 0 heterocycles. The highest BCUT2D eigenvalue weighted by Crippen LogP contribution is 2.41. The number of hydrogen-bond donors (Lipinski definition) is 1. The van der Waals surface area contributed by atoms with Crippen molar-refractivity contribution in [3.63, 3.8) is 0 Å². The maximum Gasteiger partial charge on any atom is 0.332 e. The summed E-state index contributed by atoms with van der Waals surface area (Å²) < 4.78 is 5.33. The van der Waals surface area contributed by atoms with Crippen molar-refractivity contribution in [3.05, 3.63) is 30.3 Å². The summed E-state index contributed by atoms with van der Waals surface area (Å²) >= 11 is 0. The van der Waals surface area contributed by atoms with E-state index in [9.17, 15) is 4.79 Å². The van der Waals surface area contributed by atoms with Crippen LogP contribution in [0.25, 0.3) is 0 Å². The minimum Gasteiger partial charge on any atom is -0.464 e. The fourth-order valence-corrected chi connectivity index (χ4v) is 3.15. The maximum atomic E-state index is 12.5. The van der Waals surface area contributed by atoms with Crippen LogP contribution < -0.4 is 5.32 Å². The molecule has 1 fully saturated rings. The number of anilines is 1. The van der Waals surface area contributed by atoms with E-state index >= 15 is 0 Å². The quantitative estimate of drug-likeness (QED) is 0.823. The van der Waals surface area contributed by atoms with E-state index in [4.69, 9.17) is 4.74 Å². The van der Waals surface area contributed by atoms with Gasteiger partial charge in [-0.05, 0) is 37.8 Å². The molecule has 1 saturated carbocycles. The third-order valence-corrected chi connectivity index (χ3v) is 4.09. The standard InChI is InChI=1S/C16H23NO2/c1-3-13-9-8-12-16(13,15(18)19-4-2)17-14-10-6-5-7-11-14/h5-7,10-11,13,17H,3-4,8-9,12H2,1-2H3. The van der Waals surface area contributed by atoms with Crippen LogP contribution in [0.4, 0.5) is 5.69 Å². The zero-order chi connectivity index (χ0) is 13.7. The first kappa shape index (κ1) is 13.9. The predicted molar refractivity (Wildman–Crippen MR) is 77.1 cm³/mol. The van der Waals surface area contributed by atoms with Crippen molar-refractivity contribution in [3.8, 4) is 0 Å². The van der Waals surface area contributed by atoms with Gasteiger partial charge < -0.3 is 10.1 Å². The summed E-state index contributed by atoms with van der Waals surface area (Å²) in [7, 11) is 0. The summed E-state index contributed by atoms with van der Waals surface area (Å²) in [6.45, 7) is 4.45. The molecule has 0 aromatic heterocycles.